The Morgan fingerprint density at radius 2 is 1.31 bits per heavy atom. The second-order valence-corrected chi connectivity index (χ2v) is 2.38. The average molecular weight is 253 g/mol. The zero-order chi connectivity index (χ0) is 11.3. The third kappa shape index (κ3) is 5.43. The van der Waals surface area contributed by atoms with Crippen molar-refractivity contribution in [3.63, 3.8) is 0 Å². The van der Waals surface area contributed by atoms with Gasteiger partial charge >= 0.3 is 18.5 Å². The van der Waals surface area contributed by atoms with Crippen LogP contribution in [0.3, 0.4) is 0 Å². The number of hydrogen-bond acceptors (Lipinski definition) is 1. The smallest absolute Gasteiger partial charge is 0.350 e. The summed E-state index contributed by atoms with van der Waals surface area (Å²) in [7, 11) is 0. The van der Waals surface area contributed by atoms with Crippen LogP contribution in [0.4, 0.5) is 26.3 Å². The third-order valence-corrected chi connectivity index (χ3v) is 0.687. The molecule has 0 aliphatic carbocycles. The lowest BCUT2D eigenvalue weighted by atomic mass is 10.3. The molecule has 0 aromatic rings. The monoisotopic (exact) mass is 252 g/mol. The zero-order valence-corrected chi connectivity index (χ0v) is 7.27. The Kier molecular flexibility index (Phi) is 6.91. The molecule has 0 heterocycles. The van der Waals surface area contributed by atoms with Gasteiger partial charge in [-0.3, -0.25) is 0 Å². The van der Waals surface area contributed by atoms with Crippen molar-refractivity contribution < 1.29 is 31.4 Å². The third-order valence-electron chi connectivity index (χ3n) is 0.687. The Balaban J connectivity index is 0. The molecule has 0 aliphatic rings. The van der Waals surface area contributed by atoms with E-state index in [1.807, 2.05) is 0 Å². The molecule has 0 aromatic heterocycles. The van der Waals surface area contributed by atoms with Crippen molar-refractivity contribution in [2.75, 3.05) is 5.34 Å². The van der Waals surface area contributed by atoms with Gasteiger partial charge in [-0.1, -0.05) is 0 Å². The van der Waals surface area contributed by atoms with Crippen LogP contribution in [0.2, 0.25) is 0 Å². The maximum Gasteiger partial charge on any atom is 0.454 e. The van der Waals surface area contributed by atoms with E-state index in [0.717, 1.165) is 0 Å². The van der Waals surface area contributed by atoms with Crippen LogP contribution in [-0.2, 0) is 0 Å². The predicted molar refractivity (Wildman–Crippen MR) is 34.7 cm³/mol. The molecule has 1 unspecified atom stereocenters. The summed E-state index contributed by atoms with van der Waals surface area (Å²) < 4.78 is 66.3. The minimum Gasteiger partial charge on any atom is -0.350 e. The van der Waals surface area contributed by atoms with Crippen LogP contribution >= 0.6 is 23.2 Å². The summed E-state index contributed by atoms with van der Waals surface area (Å²) in [6.07, 6.45) is -10.4. The fourth-order valence-electron chi connectivity index (χ4n) is 0.124. The molecule has 0 bridgehead atoms. The number of rotatable bonds is 1. The first-order valence-corrected chi connectivity index (χ1v) is 3.56. The molecule has 0 aromatic carbocycles. The number of alkyl halides is 8. The molecule has 0 amide bonds. The van der Waals surface area contributed by atoms with Gasteiger partial charge in [0, 0.05) is 0 Å². The molecule has 0 saturated heterocycles. The summed E-state index contributed by atoms with van der Waals surface area (Å²) in [5.74, 6) is -5.40. The van der Waals surface area contributed by atoms with Gasteiger partial charge in [-0.25, -0.2) is 8.78 Å². The molecule has 13 heavy (non-hydrogen) atoms. The van der Waals surface area contributed by atoms with Gasteiger partial charge in [-0.2, -0.15) is 17.6 Å². The Morgan fingerprint density at radius 3 is 1.31 bits per heavy atom. The first-order valence-electron chi connectivity index (χ1n) is 2.49. The Morgan fingerprint density at radius 1 is 1.08 bits per heavy atom. The molecular formula is C4H4Cl2F6O. The lowest BCUT2D eigenvalue weighted by Crippen LogP contribution is -2.47. The Labute approximate surface area is 79.2 Å². The van der Waals surface area contributed by atoms with Crippen LogP contribution in [0, 0.1) is 0 Å². The van der Waals surface area contributed by atoms with Gasteiger partial charge in [-0.15, -0.1) is 23.2 Å². The normalized spacial score (nSPS) is 16.2. The van der Waals surface area contributed by atoms with Crippen LogP contribution < -0.4 is 0 Å². The second kappa shape index (κ2) is 5.77. The minimum absolute atomic E-state index is 0.194. The second-order valence-electron chi connectivity index (χ2n) is 1.57. The number of halogens is 8. The molecule has 0 fully saturated rings. The predicted octanol–water partition coefficient (Wildman–Crippen LogP) is 2.89. The molecule has 9 heteroatoms. The van der Waals surface area contributed by atoms with Crippen LogP contribution in [0.25, 0.3) is 0 Å². The molecule has 0 saturated carbocycles. The Bertz CT molecular complexity index is 135. The quantitative estimate of drug-likeness (QED) is 0.562. The molecule has 0 aliphatic heterocycles. The van der Waals surface area contributed by atoms with E-state index in [4.69, 9.17) is 28.3 Å². The average Bonchev–Trinajstić information content (AvgIpc) is 1.86. The van der Waals surface area contributed by atoms with Crippen molar-refractivity contribution in [3.05, 3.63) is 0 Å². The van der Waals surface area contributed by atoms with Gasteiger partial charge in [0.1, 0.15) is 0 Å². The van der Waals surface area contributed by atoms with Crippen LogP contribution in [0.1, 0.15) is 0 Å². The highest BCUT2D eigenvalue weighted by atomic mass is 35.5. The van der Waals surface area contributed by atoms with Crippen molar-refractivity contribution in [2.45, 2.75) is 18.5 Å². The van der Waals surface area contributed by atoms with Crippen molar-refractivity contribution >= 4 is 23.2 Å². The SMILES string of the molecule is ClCCl.OC(F)(C(F)F)C(F)(F)F. The first-order chi connectivity index (χ1) is 5.61. The van der Waals surface area contributed by atoms with Gasteiger partial charge in [0.15, 0.2) is 0 Å². The van der Waals surface area contributed by atoms with E-state index >= 15 is 0 Å². The fraction of sp³-hybridized carbons (Fsp3) is 1.00. The summed E-state index contributed by atoms with van der Waals surface area (Å²) in [4.78, 5) is 0. The minimum atomic E-state index is -5.94. The van der Waals surface area contributed by atoms with Gasteiger partial charge in [0.2, 0.25) is 0 Å². The molecule has 82 valence electrons. The first kappa shape index (κ1) is 15.6. The maximum atomic E-state index is 11.4. The van der Waals surface area contributed by atoms with Crippen LogP contribution in [-0.4, -0.2) is 28.9 Å². The maximum absolute atomic E-state index is 11.4. The molecule has 1 atom stereocenters. The van der Waals surface area contributed by atoms with Gasteiger partial charge < -0.3 is 5.11 Å². The highest BCUT2D eigenvalue weighted by Gasteiger charge is 2.62. The largest absolute Gasteiger partial charge is 0.454 e. The molecule has 0 radical (unpaired) electrons. The number of hydrogen-bond donors (Lipinski definition) is 1. The number of aliphatic hydroxyl groups is 1. The molecule has 1 nitrogen and oxygen atoms in total. The van der Waals surface area contributed by atoms with Crippen molar-refractivity contribution in [1.29, 1.82) is 0 Å². The van der Waals surface area contributed by atoms with E-state index < -0.39 is 18.5 Å². The van der Waals surface area contributed by atoms with E-state index in [1.54, 1.807) is 0 Å². The lowest BCUT2D eigenvalue weighted by molar-refractivity contribution is -0.352. The highest BCUT2D eigenvalue weighted by molar-refractivity contribution is 6.40. The van der Waals surface area contributed by atoms with Gasteiger partial charge in [0.05, 0.1) is 5.34 Å². The summed E-state index contributed by atoms with van der Waals surface area (Å²) >= 11 is 9.53. The molecule has 1 N–H and O–H groups in total. The van der Waals surface area contributed by atoms with Gasteiger partial charge in [-0.05, 0) is 0 Å². The van der Waals surface area contributed by atoms with Crippen molar-refractivity contribution in [3.8, 4) is 0 Å². The topological polar surface area (TPSA) is 20.2 Å². The molecular weight excluding hydrogens is 249 g/mol. The highest BCUT2D eigenvalue weighted by Crippen LogP contribution is 2.36. The summed E-state index contributed by atoms with van der Waals surface area (Å²) in [6.45, 7) is 0. The molecule has 0 spiro atoms. The fourth-order valence-corrected chi connectivity index (χ4v) is 0.124. The summed E-state index contributed by atoms with van der Waals surface area (Å²) in [5.41, 5.74) is 0. The summed E-state index contributed by atoms with van der Waals surface area (Å²) in [6, 6.07) is 0. The van der Waals surface area contributed by atoms with E-state index in [-0.39, 0.29) is 5.34 Å². The van der Waals surface area contributed by atoms with E-state index in [9.17, 15) is 26.3 Å². The lowest BCUT2D eigenvalue weighted by Gasteiger charge is -2.20. The zero-order valence-electron chi connectivity index (χ0n) is 5.76. The van der Waals surface area contributed by atoms with E-state index in [1.165, 1.54) is 0 Å². The van der Waals surface area contributed by atoms with Crippen molar-refractivity contribution in [2.24, 2.45) is 0 Å². The summed E-state index contributed by atoms with van der Waals surface area (Å²) in [5, 5.41) is 7.58. The Hall–Kier alpha value is 0.120. The van der Waals surface area contributed by atoms with Crippen LogP contribution in [0.5, 0.6) is 0 Å². The standard InChI is InChI=1S/C3H2F6O.CH2Cl2/c4-1(5)2(6,10)3(7,8)9;2-1-3/h1,10H;1H2. The van der Waals surface area contributed by atoms with E-state index in [2.05, 4.69) is 0 Å². The van der Waals surface area contributed by atoms with Gasteiger partial charge in [0.25, 0.3) is 0 Å². The van der Waals surface area contributed by atoms with Crippen LogP contribution in [0.15, 0.2) is 0 Å². The molecule has 0 rings (SSSR count). The van der Waals surface area contributed by atoms with Crippen molar-refractivity contribution in [1.82, 2.24) is 0 Å². The van der Waals surface area contributed by atoms with E-state index in [0.29, 0.717) is 0 Å².